The Morgan fingerprint density at radius 3 is 2.57 bits per heavy atom. The highest BCUT2D eigenvalue weighted by Crippen LogP contribution is 2.26. The summed E-state index contributed by atoms with van der Waals surface area (Å²) in [6, 6.07) is 5.09. The number of nitrogens with zero attached hydrogens (tertiary/aromatic N) is 1. The quantitative estimate of drug-likeness (QED) is 0.868. The summed E-state index contributed by atoms with van der Waals surface area (Å²) in [7, 11) is 3.78. The van der Waals surface area contributed by atoms with E-state index in [0.29, 0.717) is 22.2 Å². The lowest BCUT2D eigenvalue weighted by Crippen LogP contribution is -2.20. The van der Waals surface area contributed by atoms with Gasteiger partial charge in [-0.3, -0.25) is 0 Å². The second-order valence-corrected chi connectivity index (χ2v) is 4.29. The monoisotopic (exact) mass is 233 g/mol. The number of hydrogen-bond acceptors (Lipinski definition) is 2. The van der Waals surface area contributed by atoms with Crippen LogP contribution >= 0.6 is 23.2 Å². The molecular weight excluding hydrogens is 221 g/mol. The first-order valence-electron chi connectivity index (χ1n) is 4.28. The summed E-state index contributed by atoms with van der Waals surface area (Å²) in [5.41, 5.74) is 0.674. The topological polar surface area (TPSA) is 23.5 Å². The molecule has 2 nitrogen and oxygen atoms in total. The van der Waals surface area contributed by atoms with Gasteiger partial charge in [0.1, 0.15) is 0 Å². The van der Waals surface area contributed by atoms with Gasteiger partial charge >= 0.3 is 0 Å². The van der Waals surface area contributed by atoms with Crippen LogP contribution in [0.15, 0.2) is 18.2 Å². The van der Waals surface area contributed by atoms with E-state index in [2.05, 4.69) is 0 Å². The lowest BCUT2D eigenvalue weighted by atomic mass is 10.1. The molecule has 0 heterocycles. The average molecular weight is 234 g/mol. The zero-order valence-corrected chi connectivity index (χ0v) is 9.68. The first kappa shape index (κ1) is 11.8. The molecule has 1 rings (SSSR count). The fourth-order valence-corrected chi connectivity index (χ4v) is 1.64. The molecule has 0 spiro atoms. The minimum atomic E-state index is -0.601. The van der Waals surface area contributed by atoms with Crippen LogP contribution in [0.4, 0.5) is 0 Å². The van der Waals surface area contributed by atoms with Crippen molar-refractivity contribution in [1.82, 2.24) is 4.90 Å². The van der Waals surface area contributed by atoms with Gasteiger partial charge in [0.2, 0.25) is 0 Å². The second-order valence-electron chi connectivity index (χ2n) is 3.44. The zero-order chi connectivity index (χ0) is 10.7. The summed E-state index contributed by atoms with van der Waals surface area (Å²) < 4.78 is 0. The molecule has 1 aromatic carbocycles. The van der Waals surface area contributed by atoms with Crippen LogP contribution < -0.4 is 0 Å². The maximum atomic E-state index is 9.81. The Balaban J connectivity index is 2.88. The van der Waals surface area contributed by atoms with E-state index in [-0.39, 0.29) is 0 Å². The molecule has 0 saturated heterocycles. The van der Waals surface area contributed by atoms with E-state index < -0.39 is 6.10 Å². The SMILES string of the molecule is CN(C)CC(O)c1cc(Cl)ccc1Cl. The number of aliphatic hydroxyl groups is 1. The summed E-state index contributed by atoms with van der Waals surface area (Å²) in [6.07, 6.45) is -0.601. The van der Waals surface area contributed by atoms with Crippen molar-refractivity contribution < 1.29 is 5.11 Å². The van der Waals surface area contributed by atoms with Crippen molar-refractivity contribution in [3.05, 3.63) is 33.8 Å². The van der Waals surface area contributed by atoms with Gasteiger partial charge in [-0.15, -0.1) is 0 Å². The van der Waals surface area contributed by atoms with Gasteiger partial charge in [-0.2, -0.15) is 0 Å². The molecule has 0 aliphatic carbocycles. The lowest BCUT2D eigenvalue weighted by Gasteiger charge is -2.17. The van der Waals surface area contributed by atoms with Gasteiger partial charge in [0.05, 0.1) is 6.10 Å². The number of halogens is 2. The molecule has 0 aliphatic rings. The molecular formula is C10H13Cl2NO. The number of rotatable bonds is 3. The molecule has 0 bridgehead atoms. The van der Waals surface area contributed by atoms with Crippen molar-refractivity contribution >= 4 is 23.2 Å². The van der Waals surface area contributed by atoms with E-state index in [9.17, 15) is 5.11 Å². The molecule has 1 atom stereocenters. The van der Waals surface area contributed by atoms with Crippen molar-refractivity contribution in [2.75, 3.05) is 20.6 Å². The molecule has 0 aromatic heterocycles. The average Bonchev–Trinajstić information content (AvgIpc) is 2.08. The van der Waals surface area contributed by atoms with Gasteiger partial charge < -0.3 is 10.0 Å². The summed E-state index contributed by atoms with van der Waals surface area (Å²) in [6.45, 7) is 0.528. The van der Waals surface area contributed by atoms with Crippen molar-refractivity contribution in [1.29, 1.82) is 0 Å². The number of hydrogen-bond donors (Lipinski definition) is 1. The Hall–Kier alpha value is -0.280. The van der Waals surface area contributed by atoms with Crippen LogP contribution in [0.3, 0.4) is 0 Å². The van der Waals surface area contributed by atoms with Crippen LogP contribution in [0.25, 0.3) is 0 Å². The highest BCUT2D eigenvalue weighted by molar-refractivity contribution is 6.33. The van der Waals surface area contributed by atoms with E-state index in [4.69, 9.17) is 23.2 Å². The molecule has 0 fully saturated rings. The molecule has 0 saturated carbocycles. The van der Waals surface area contributed by atoms with Gasteiger partial charge in [-0.1, -0.05) is 23.2 Å². The first-order chi connectivity index (χ1) is 6.50. The van der Waals surface area contributed by atoms with E-state index in [1.54, 1.807) is 18.2 Å². The Morgan fingerprint density at radius 2 is 2.00 bits per heavy atom. The predicted molar refractivity (Wildman–Crippen MR) is 60.0 cm³/mol. The van der Waals surface area contributed by atoms with Crippen LogP contribution in [0, 0.1) is 0 Å². The Morgan fingerprint density at radius 1 is 1.36 bits per heavy atom. The molecule has 4 heteroatoms. The van der Waals surface area contributed by atoms with Crippen LogP contribution in [0.1, 0.15) is 11.7 Å². The minimum absolute atomic E-state index is 0.528. The third-order valence-corrected chi connectivity index (χ3v) is 2.43. The van der Waals surface area contributed by atoms with Gasteiger partial charge in [0.15, 0.2) is 0 Å². The highest BCUT2D eigenvalue weighted by Gasteiger charge is 2.12. The van der Waals surface area contributed by atoms with Crippen molar-refractivity contribution in [3.63, 3.8) is 0 Å². The summed E-state index contributed by atoms with van der Waals surface area (Å²) in [4.78, 5) is 1.89. The van der Waals surface area contributed by atoms with E-state index in [1.807, 2.05) is 19.0 Å². The van der Waals surface area contributed by atoms with Crippen LogP contribution in [0.5, 0.6) is 0 Å². The molecule has 78 valence electrons. The van der Waals surface area contributed by atoms with Crippen molar-refractivity contribution in [2.45, 2.75) is 6.10 Å². The molecule has 1 N–H and O–H groups in total. The predicted octanol–water partition coefficient (Wildman–Crippen LogP) is 2.59. The third kappa shape index (κ3) is 3.14. The number of aliphatic hydroxyl groups excluding tert-OH is 1. The van der Waals surface area contributed by atoms with Crippen molar-refractivity contribution in [2.24, 2.45) is 0 Å². The maximum absolute atomic E-state index is 9.81. The maximum Gasteiger partial charge on any atom is 0.0931 e. The smallest absolute Gasteiger partial charge is 0.0931 e. The van der Waals surface area contributed by atoms with Crippen LogP contribution in [-0.4, -0.2) is 30.6 Å². The standard InChI is InChI=1S/C10H13Cl2NO/c1-13(2)6-10(14)8-5-7(11)3-4-9(8)12/h3-5,10,14H,6H2,1-2H3. The summed E-state index contributed by atoms with van der Waals surface area (Å²) in [5, 5.41) is 10.9. The van der Waals surface area contributed by atoms with Gasteiger partial charge in [0, 0.05) is 22.2 Å². The molecule has 0 amide bonds. The number of benzene rings is 1. The fourth-order valence-electron chi connectivity index (χ4n) is 1.21. The highest BCUT2D eigenvalue weighted by atomic mass is 35.5. The molecule has 14 heavy (non-hydrogen) atoms. The zero-order valence-electron chi connectivity index (χ0n) is 8.17. The molecule has 0 radical (unpaired) electrons. The van der Waals surface area contributed by atoms with Gasteiger partial charge in [-0.05, 0) is 32.3 Å². The van der Waals surface area contributed by atoms with Gasteiger partial charge in [-0.25, -0.2) is 0 Å². The minimum Gasteiger partial charge on any atom is -0.387 e. The largest absolute Gasteiger partial charge is 0.387 e. The lowest BCUT2D eigenvalue weighted by molar-refractivity contribution is 0.138. The third-order valence-electron chi connectivity index (χ3n) is 1.86. The molecule has 1 aromatic rings. The number of likely N-dealkylation sites (N-methyl/N-ethyl adjacent to an activating group) is 1. The summed E-state index contributed by atoms with van der Waals surface area (Å²) >= 11 is 11.8. The first-order valence-corrected chi connectivity index (χ1v) is 5.04. The fraction of sp³-hybridized carbons (Fsp3) is 0.400. The molecule has 0 aliphatic heterocycles. The van der Waals surface area contributed by atoms with Crippen molar-refractivity contribution in [3.8, 4) is 0 Å². The van der Waals surface area contributed by atoms with E-state index >= 15 is 0 Å². The van der Waals surface area contributed by atoms with E-state index in [0.717, 1.165) is 0 Å². The summed E-state index contributed by atoms with van der Waals surface area (Å²) in [5.74, 6) is 0. The molecule has 1 unspecified atom stereocenters. The second kappa shape index (κ2) is 4.99. The van der Waals surface area contributed by atoms with Crippen LogP contribution in [-0.2, 0) is 0 Å². The normalized spacial score (nSPS) is 13.3. The van der Waals surface area contributed by atoms with Gasteiger partial charge in [0.25, 0.3) is 0 Å². The Bertz CT molecular complexity index is 315. The van der Waals surface area contributed by atoms with Crippen LogP contribution in [0.2, 0.25) is 10.0 Å². The Kier molecular flexibility index (Phi) is 4.20. The van der Waals surface area contributed by atoms with E-state index in [1.165, 1.54) is 0 Å². The Labute approximate surface area is 94.1 Å².